The molecule has 0 heterocycles. The van der Waals surface area contributed by atoms with Crippen molar-refractivity contribution in [3.05, 3.63) is 36.4 Å². The number of benzene rings is 1. The van der Waals surface area contributed by atoms with Crippen molar-refractivity contribution >= 4 is 11.9 Å². The van der Waals surface area contributed by atoms with Crippen LogP contribution >= 0.6 is 0 Å². The maximum absolute atomic E-state index is 12.1. The zero-order chi connectivity index (χ0) is 16.5. The Morgan fingerprint density at radius 1 is 1.23 bits per heavy atom. The first kappa shape index (κ1) is 17.6. The highest BCUT2D eigenvalue weighted by Gasteiger charge is 2.17. The third-order valence-electron chi connectivity index (χ3n) is 3.03. The summed E-state index contributed by atoms with van der Waals surface area (Å²) in [4.78, 5) is 24.4. The lowest BCUT2D eigenvalue weighted by Gasteiger charge is -2.21. The zero-order valence-electron chi connectivity index (χ0n) is 12.9. The summed E-state index contributed by atoms with van der Waals surface area (Å²) >= 11 is 0. The third-order valence-corrected chi connectivity index (χ3v) is 3.03. The van der Waals surface area contributed by atoms with Crippen molar-refractivity contribution in [1.82, 2.24) is 4.90 Å². The number of carbonyl (C=O) groups is 2. The molecular weight excluding hydrogens is 286 g/mol. The van der Waals surface area contributed by atoms with Crippen LogP contribution in [0.1, 0.15) is 18.4 Å². The smallest absolute Gasteiger partial charge is 0.323 e. The molecule has 0 saturated heterocycles. The molecule has 1 aromatic carbocycles. The van der Waals surface area contributed by atoms with Gasteiger partial charge in [-0.3, -0.25) is 9.59 Å². The molecule has 0 saturated carbocycles. The van der Waals surface area contributed by atoms with E-state index in [1.807, 2.05) is 0 Å². The van der Waals surface area contributed by atoms with Gasteiger partial charge in [0.2, 0.25) is 5.91 Å². The summed E-state index contributed by atoms with van der Waals surface area (Å²) in [6.07, 6.45) is 2.37. The van der Waals surface area contributed by atoms with E-state index in [-0.39, 0.29) is 25.4 Å². The summed E-state index contributed by atoms with van der Waals surface area (Å²) < 4.78 is 10.3. The number of hydrogen-bond acceptors (Lipinski definition) is 4. The van der Waals surface area contributed by atoms with E-state index in [0.29, 0.717) is 17.9 Å². The maximum Gasteiger partial charge on any atom is 0.323 e. The monoisotopic (exact) mass is 307 g/mol. The van der Waals surface area contributed by atoms with E-state index >= 15 is 0 Å². The SMILES string of the molecule is C=CCCC(=O)N(CC(=O)O)Cc1cc(OC)cc(OC)c1. The number of ether oxygens (including phenoxy) is 2. The number of carboxylic acid groups (broad SMARTS) is 1. The van der Waals surface area contributed by atoms with E-state index in [9.17, 15) is 9.59 Å². The minimum Gasteiger partial charge on any atom is -0.497 e. The highest BCUT2D eigenvalue weighted by atomic mass is 16.5. The van der Waals surface area contributed by atoms with E-state index in [2.05, 4.69) is 6.58 Å². The van der Waals surface area contributed by atoms with Crippen LogP contribution in [0.4, 0.5) is 0 Å². The highest BCUT2D eigenvalue weighted by Crippen LogP contribution is 2.23. The molecule has 1 rings (SSSR count). The molecular formula is C16H21NO5. The van der Waals surface area contributed by atoms with Crippen LogP contribution in [0.5, 0.6) is 11.5 Å². The average molecular weight is 307 g/mol. The fourth-order valence-corrected chi connectivity index (χ4v) is 1.96. The molecule has 0 spiro atoms. The van der Waals surface area contributed by atoms with Crippen molar-refractivity contribution in [2.24, 2.45) is 0 Å². The van der Waals surface area contributed by atoms with Gasteiger partial charge in [0.25, 0.3) is 0 Å². The molecule has 0 aliphatic heterocycles. The summed E-state index contributed by atoms with van der Waals surface area (Å²) in [5.74, 6) is -0.114. The molecule has 0 radical (unpaired) electrons. The fourth-order valence-electron chi connectivity index (χ4n) is 1.96. The Balaban J connectivity index is 2.94. The second kappa shape index (κ2) is 8.71. The number of methoxy groups -OCH3 is 2. The molecule has 1 amide bonds. The highest BCUT2D eigenvalue weighted by molar-refractivity contribution is 5.81. The van der Waals surface area contributed by atoms with Crippen molar-refractivity contribution < 1.29 is 24.2 Å². The van der Waals surface area contributed by atoms with Crippen LogP contribution in [0.15, 0.2) is 30.9 Å². The van der Waals surface area contributed by atoms with E-state index in [1.165, 1.54) is 19.1 Å². The topological polar surface area (TPSA) is 76.1 Å². The molecule has 22 heavy (non-hydrogen) atoms. The predicted octanol–water partition coefficient (Wildman–Crippen LogP) is 2.08. The number of allylic oxidation sites excluding steroid dienone is 1. The van der Waals surface area contributed by atoms with Crippen LogP contribution in [-0.4, -0.2) is 42.6 Å². The standard InChI is InChI=1S/C16H21NO5/c1-4-5-6-15(18)17(11-16(19)20)10-12-7-13(21-2)9-14(8-12)22-3/h4,7-9H,1,5-6,10-11H2,2-3H3,(H,19,20). The second-order valence-corrected chi connectivity index (χ2v) is 4.69. The van der Waals surface area contributed by atoms with Crippen LogP contribution in [0.3, 0.4) is 0 Å². The Morgan fingerprint density at radius 2 is 1.82 bits per heavy atom. The molecule has 0 fully saturated rings. The number of carbonyl (C=O) groups excluding carboxylic acids is 1. The van der Waals surface area contributed by atoms with Gasteiger partial charge in [0.1, 0.15) is 18.0 Å². The Kier molecular flexibility index (Phi) is 6.95. The minimum absolute atomic E-state index is 0.176. The van der Waals surface area contributed by atoms with Crippen LogP contribution in [0.2, 0.25) is 0 Å². The number of rotatable bonds is 9. The zero-order valence-corrected chi connectivity index (χ0v) is 12.9. The van der Waals surface area contributed by atoms with Crippen molar-refractivity contribution in [2.75, 3.05) is 20.8 Å². The van der Waals surface area contributed by atoms with Crippen molar-refractivity contribution in [1.29, 1.82) is 0 Å². The molecule has 1 N–H and O–H groups in total. The fraction of sp³-hybridized carbons (Fsp3) is 0.375. The van der Waals surface area contributed by atoms with Gasteiger partial charge in [0, 0.05) is 19.0 Å². The molecule has 0 aliphatic carbocycles. The average Bonchev–Trinajstić information content (AvgIpc) is 2.50. The summed E-state index contributed by atoms with van der Waals surface area (Å²) in [5, 5.41) is 8.97. The molecule has 0 unspecified atom stereocenters. The van der Waals surface area contributed by atoms with E-state index in [0.717, 1.165) is 5.56 Å². The number of carboxylic acids is 1. The van der Waals surface area contributed by atoms with Crippen LogP contribution < -0.4 is 9.47 Å². The molecule has 0 atom stereocenters. The summed E-state index contributed by atoms with van der Waals surface area (Å²) in [5.41, 5.74) is 0.740. The number of nitrogens with zero attached hydrogens (tertiary/aromatic N) is 1. The quantitative estimate of drug-likeness (QED) is 0.707. The third kappa shape index (κ3) is 5.47. The molecule has 0 aromatic heterocycles. The van der Waals surface area contributed by atoms with Gasteiger partial charge in [-0.1, -0.05) is 6.08 Å². The van der Waals surface area contributed by atoms with Crippen LogP contribution in [0, 0.1) is 0 Å². The number of hydrogen-bond donors (Lipinski definition) is 1. The largest absolute Gasteiger partial charge is 0.497 e. The first-order chi connectivity index (χ1) is 10.5. The summed E-state index contributed by atoms with van der Waals surface area (Å²) in [7, 11) is 3.06. The lowest BCUT2D eigenvalue weighted by Crippen LogP contribution is -2.35. The van der Waals surface area contributed by atoms with Gasteiger partial charge >= 0.3 is 5.97 Å². The first-order valence-corrected chi connectivity index (χ1v) is 6.82. The second-order valence-electron chi connectivity index (χ2n) is 4.69. The molecule has 6 nitrogen and oxygen atoms in total. The van der Waals surface area contributed by atoms with Gasteiger partial charge < -0.3 is 19.5 Å². The Labute approximate surface area is 129 Å². The van der Waals surface area contributed by atoms with E-state index in [4.69, 9.17) is 14.6 Å². The van der Waals surface area contributed by atoms with Gasteiger partial charge in [0.05, 0.1) is 14.2 Å². The number of aliphatic carboxylic acids is 1. The molecule has 1 aromatic rings. The normalized spacial score (nSPS) is 9.91. The Bertz CT molecular complexity index is 519. The van der Waals surface area contributed by atoms with Gasteiger partial charge in [-0.15, -0.1) is 6.58 Å². The minimum atomic E-state index is -1.05. The summed E-state index contributed by atoms with van der Waals surface area (Å²) in [6, 6.07) is 5.21. The maximum atomic E-state index is 12.1. The van der Waals surface area contributed by atoms with Crippen molar-refractivity contribution in [3.63, 3.8) is 0 Å². The molecule has 0 bridgehead atoms. The number of amides is 1. The van der Waals surface area contributed by atoms with E-state index < -0.39 is 5.97 Å². The lowest BCUT2D eigenvalue weighted by molar-refractivity contribution is -0.144. The van der Waals surface area contributed by atoms with Gasteiger partial charge in [-0.05, 0) is 24.1 Å². The van der Waals surface area contributed by atoms with Crippen LogP contribution in [0.25, 0.3) is 0 Å². The molecule has 6 heteroatoms. The molecule has 0 aliphatic rings. The van der Waals surface area contributed by atoms with Crippen LogP contribution in [-0.2, 0) is 16.1 Å². The molecule has 120 valence electrons. The van der Waals surface area contributed by atoms with Gasteiger partial charge in [0.15, 0.2) is 0 Å². The first-order valence-electron chi connectivity index (χ1n) is 6.82. The van der Waals surface area contributed by atoms with Gasteiger partial charge in [-0.25, -0.2) is 0 Å². The Hall–Kier alpha value is -2.50. The summed E-state index contributed by atoms with van der Waals surface area (Å²) in [6.45, 7) is 3.39. The van der Waals surface area contributed by atoms with E-state index in [1.54, 1.807) is 24.3 Å². The predicted molar refractivity (Wildman–Crippen MR) is 82.0 cm³/mol. The van der Waals surface area contributed by atoms with Crippen molar-refractivity contribution in [3.8, 4) is 11.5 Å². The van der Waals surface area contributed by atoms with Crippen molar-refractivity contribution in [2.45, 2.75) is 19.4 Å². The Morgan fingerprint density at radius 3 is 2.27 bits per heavy atom. The lowest BCUT2D eigenvalue weighted by atomic mass is 10.1. The van der Waals surface area contributed by atoms with Gasteiger partial charge in [-0.2, -0.15) is 0 Å².